The summed E-state index contributed by atoms with van der Waals surface area (Å²) >= 11 is 0. The smallest absolute Gasteiger partial charge is 0.343 e. The Labute approximate surface area is 206 Å². The van der Waals surface area contributed by atoms with Crippen LogP contribution in [0.2, 0.25) is 0 Å². The van der Waals surface area contributed by atoms with E-state index in [1.807, 2.05) is 0 Å². The van der Waals surface area contributed by atoms with Crippen molar-refractivity contribution in [2.75, 3.05) is 13.2 Å². The molecule has 0 spiro atoms. The van der Waals surface area contributed by atoms with Gasteiger partial charge in [0.15, 0.2) is 17.4 Å². The molecule has 0 N–H and O–H groups in total. The van der Waals surface area contributed by atoms with Crippen LogP contribution in [0, 0.1) is 41.0 Å². The van der Waals surface area contributed by atoms with Crippen molar-refractivity contribution in [2.45, 2.75) is 27.2 Å². The van der Waals surface area contributed by atoms with Crippen LogP contribution < -0.4 is 14.2 Å². The molecule has 0 bridgehead atoms. The lowest BCUT2D eigenvalue weighted by molar-refractivity contribution is 0.0734. The predicted octanol–water partition coefficient (Wildman–Crippen LogP) is 6.69. The van der Waals surface area contributed by atoms with E-state index >= 15 is 0 Å². The number of hydrogen-bond donors (Lipinski definition) is 0. The molecular weight excluding hydrogens is 476 g/mol. The third-order valence-electron chi connectivity index (χ3n) is 5.23. The summed E-state index contributed by atoms with van der Waals surface area (Å²) in [5, 5.41) is 0. The van der Waals surface area contributed by atoms with E-state index < -0.39 is 40.6 Å². The van der Waals surface area contributed by atoms with Gasteiger partial charge in [0.05, 0.1) is 18.8 Å². The second-order valence-electron chi connectivity index (χ2n) is 7.91. The number of carbonyl (C=O) groups is 1. The Bertz CT molecular complexity index is 1250. The quantitative estimate of drug-likeness (QED) is 0.114. The van der Waals surface area contributed by atoms with Crippen molar-refractivity contribution in [2.24, 2.45) is 5.92 Å². The zero-order valence-electron chi connectivity index (χ0n) is 20.0. The van der Waals surface area contributed by atoms with Crippen molar-refractivity contribution in [1.82, 2.24) is 0 Å². The van der Waals surface area contributed by atoms with E-state index in [0.717, 1.165) is 6.42 Å². The van der Waals surface area contributed by atoms with Crippen LogP contribution in [0.15, 0.2) is 48.5 Å². The van der Waals surface area contributed by atoms with Crippen LogP contribution >= 0.6 is 0 Å². The monoisotopic (exact) mass is 500 g/mol. The number of carbonyl (C=O) groups excluding carboxylic acids is 1. The average molecular weight is 500 g/mol. The first-order chi connectivity index (χ1) is 17.2. The van der Waals surface area contributed by atoms with Crippen LogP contribution in [0.4, 0.5) is 17.6 Å². The van der Waals surface area contributed by atoms with Gasteiger partial charge in [0.1, 0.15) is 17.1 Å². The van der Waals surface area contributed by atoms with Crippen molar-refractivity contribution in [3.8, 4) is 29.1 Å². The molecule has 3 rings (SSSR count). The number of hydrogen-bond acceptors (Lipinski definition) is 4. The lowest BCUT2D eigenvalue weighted by Gasteiger charge is -2.11. The Hall–Kier alpha value is -3.99. The van der Waals surface area contributed by atoms with Gasteiger partial charge in [-0.25, -0.2) is 13.6 Å². The van der Waals surface area contributed by atoms with Crippen molar-refractivity contribution in [3.05, 3.63) is 88.5 Å². The highest BCUT2D eigenvalue weighted by molar-refractivity contribution is 5.91. The van der Waals surface area contributed by atoms with Gasteiger partial charge >= 0.3 is 5.97 Å². The highest BCUT2D eigenvalue weighted by atomic mass is 19.2. The van der Waals surface area contributed by atoms with E-state index in [2.05, 4.69) is 30.4 Å². The third-order valence-corrected chi connectivity index (χ3v) is 5.23. The van der Waals surface area contributed by atoms with Gasteiger partial charge in [0.25, 0.3) is 0 Å². The molecule has 0 heterocycles. The summed E-state index contributed by atoms with van der Waals surface area (Å²) in [7, 11) is 0. The third kappa shape index (κ3) is 6.36. The van der Waals surface area contributed by atoms with Gasteiger partial charge in [-0.15, -0.1) is 0 Å². The second-order valence-corrected chi connectivity index (χ2v) is 7.91. The minimum absolute atomic E-state index is 0.176. The standard InChI is InChI=1S/C28H24F4O4/c1-4-17(3)16-35-20-11-13-21(14-12-20)36-28(33)19-9-6-18(7-10-19)8-15-22-23(29)25(31)27(34-5-2)26(32)24(22)30/h6-7,9-14,17H,4-5,16H2,1-3H3/t17-/m0/s1. The molecule has 4 nitrogen and oxygen atoms in total. The fourth-order valence-electron chi connectivity index (χ4n) is 2.94. The molecule has 0 radical (unpaired) electrons. The summed E-state index contributed by atoms with van der Waals surface area (Å²) in [6.45, 7) is 6.00. The van der Waals surface area contributed by atoms with Crippen molar-refractivity contribution in [3.63, 3.8) is 0 Å². The van der Waals surface area contributed by atoms with Gasteiger partial charge in [-0.1, -0.05) is 32.1 Å². The zero-order valence-corrected chi connectivity index (χ0v) is 20.0. The first kappa shape index (κ1) is 26.6. The van der Waals surface area contributed by atoms with Gasteiger partial charge in [0, 0.05) is 5.56 Å². The number of rotatable bonds is 8. The number of halogens is 4. The molecule has 3 aromatic rings. The SMILES string of the molecule is CCOc1c(F)c(F)c(C#Cc2ccc(C(=O)Oc3ccc(OC[C@@H](C)CC)cc3)cc2)c(F)c1F. The Morgan fingerprint density at radius 1 is 0.806 bits per heavy atom. The molecule has 8 heteroatoms. The van der Waals surface area contributed by atoms with E-state index in [0.29, 0.717) is 24.0 Å². The largest absolute Gasteiger partial charge is 0.493 e. The van der Waals surface area contributed by atoms with Gasteiger partial charge < -0.3 is 14.2 Å². The molecule has 0 aliphatic heterocycles. The van der Waals surface area contributed by atoms with Crippen LogP contribution in [0.5, 0.6) is 17.2 Å². The van der Waals surface area contributed by atoms with E-state index in [-0.39, 0.29) is 17.7 Å². The maximum absolute atomic E-state index is 14.2. The molecule has 1 atom stereocenters. The predicted molar refractivity (Wildman–Crippen MR) is 126 cm³/mol. The van der Waals surface area contributed by atoms with E-state index in [1.54, 1.807) is 24.3 Å². The van der Waals surface area contributed by atoms with Crippen LogP contribution in [0.25, 0.3) is 0 Å². The lowest BCUT2D eigenvalue weighted by Crippen LogP contribution is -2.09. The molecule has 0 fully saturated rings. The molecule has 0 saturated heterocycles. The summed E-state index contributed by atoms with van der Waals surface area (Å²) in [4.78, 5) is 12.4. The Morgan fingerprint density at radius 3 is 1.94 bits per heavy atom. The molecule has 36 heavy (non-hydrogen) atoms. The fraction of sp³-hybridized carbons (Fsp3) is 0.250. The van der Waals surface area contributed by atoms with Gasteiger partial charge in [-0.2, -0.15) is 8.78 Å². The van der Waals surface area contributed by atoms with Crippen LogP contribution in [0.3, 0.4) is 0 Å². The fourth-order valence-corrected chi connectivity index (χ4v) is 2.94. The maximum atomic E-state index is 14.2. The summed E-state index contributed by atoms with van der Waals surface area (Å²) in [6, 6.07) is 12.3. The summed E-state index contributed by atoms with van der Waals surface area (Å²) in [6.07, 6.45) is 1.01. The van der Waals surface area contributed by atoms with Crippen molar-refractivity contribution >= 4 is 5.97 Å². The molecular formula is C28H24F4O4. The summed E-state index contributed by atoms with van der Waals surface area (Å²) < 4.78 is 72.0. The molecule has 0 aromatic heterocycles. The normalized spacial score (nSPS) is 11.3. The zero-order chi connectivity index (χ0) is 26.2. The first-order valence-corrected chi connectivity index (χ1v) is 11.3. The van der Waals surface area contributed by atoms with Crippen molar-refractivity contribution in [1.29, 1.82) is 0 Å². The maximum Gasteiger partial charge on any atom is 0.343 e. The molecule has 0 saturated carbocycles. The van der Waals surface area contributed by atoms with E-state index in [4.69, 9.17) is 9.47 Å². The average Bonchev–Trinajstić information content (AvgIpc) is 2.89. The minimum Gasteiger partial charge on any atom is -0.493 e. The molecule has 0 aliphatic rings. The highest BCUT2D eigenvalue weighted by Crippen LogP contribution is 2.29. The van der Waals surface area contributed by atoms with E-state index in [9.17, 15) is 22.4 Å². The van der Waals surface area contributed by atoms with Crippen LogP contribution in [-0.4, -0.2) is 19.2 Å². The molecule has 3 aromatic carbocycles. The Kier molecular flexibility index (Phi) is 8.96. The molecule has 0 amide bonds. The van der Waals surface area contributed by atoms with Crippen LogP contribution in [-0.2, 0) is 0 Å². The minimum atomic E-state index is -1.66. The van der Waals surface area contributed by atoms with E-state index in [1.165, 1.54) is 31.2 Å². The number of benzene rings is 3. The van der Waals surface area contributed by atoms with Gasteiger partial charge in [-0.3, -0.25) is 0 Å². The summed E-state index contributed by atoms with van der Waals surface area (Å²) in [5.74, 6) is -2.44. The lowest BCUT2D eigenvalue weighted by atomic mass is 10.1. The van der Waals surface area contributed by atoms with Crippen molar-refractivity contribution < 1.29 is 36.6 Å². The van der Waals surface area contributed by atoms with Gasteiger partial charge in [0.2, 0.25) is 11.6 Å². The number of ether oxygens (including phenoxy) is 3. The topological polar surface area (TPSA) is 44.8 Å². The molecule has 0 unspecified atom stereocenters. The Balaban J connectivity index is 1.69. The second kappa shape index (κ2) is 12.1. The number of esters is 1. The first-order valence-electron chi connectivity index (χ1n) is 11.3. The molecule has 0 aliphatic carbocycles. The van der Waals surface area contributed by atoms with Gasteiger partial charge in [-0.05, 0) is 61.4 Å². The van der Waals surface area contributed by atoms with Crippen LogP contribution in [0.1, 0.15) is 48.7 Å². The molecule has 188 valence electrons. The summed E-state index contributed by atoms with van der Waals surface area (Å²) in [5.41, 5.74) is -0.607. The Morgan fingerprint density at radius 2 is 1.39 bits per heavy atom. The highest BCUT2D eigenvalue weighted by Gasteiger charge is 2.25.